The summed E-state index contributed by atoms with van der Waals surface area (Å²) < 4.78 is 28.2. The maximum Gasteiger partial charge on any atom is 0.326 e. The number of anilines is 2. The SMILES string of the molecule is NSc1cc2c(cc1F)CCCCN(c1ccc(-c3ccccc3F)cc1)C(=O)N2. The summed E-state index contributed by atoms with van der Waals surface area (Å²) in [6.45, 7) is 0.528. The highest BCUT2D eigenvalue weighted by molar-refractivity contribution is 7.97. The van der Waals surface area contributed by atoms with E-state index >= 15 is 0 Å². The van der Waals surface area contributed by atoms with E-state index in [1.807, 2.05) is 12.1 Å². The van der Waals surface area contributed by atoms with Crippen LogP contribution in [0.15, 0.2) is 65.6 Å². The normalized spacial score (nSPS) is 14.4. The van der Waals surface area contributed by atoms with E-state index in [2.05, 4.69) is 5.32 Å². The number of carbonyl (C=O) groups excluding carboxylic acids is 1. The highest BCUT2D eigenvalue weighted by Crippen LogP contribution is 2.30. The number of hydrogen-bond donors (Lipinski definition) is 2. The molecule has 7 heteroatoms. The fourth-order valence-corrected chi connectivity index (χ4v) is 4.00. The average molecular weight is 426 g/mol. The van der Waals surface area contributed by atoms with Crippen LogP contribution < -0.4 is 15.4 Å². The van der Waals surface area contributed by atoms with E-state index < -0.39 is 0 Å². The van der Waals surface area contributed by atoms with Gasteiger partial charge in [-0.1, -0.05) is 30.3 Å². The fourth-order valence-electron chi connectivity index (χ4n) is 3.64. The molecule has 0 aliphatic carbocycles. The van der Waals surface area contributed by atoms with Gasteiger partial charge in [-0.05, 0) is 72.7 Å². The number of nitrogens with one attached hydrogen (secondary N) is 1. The number of amides is 2. The first-order valence-electron chi connectivity index (χ1n) is 9.69. The Balaban J connectivity index is 1.62. The molecule has 0 unspecified atom stereocenters. The smallest absolute Gasteiger partial charge is 0.307 e. The third-order valence-electron chi connectivity index (χ3n) is 5.21. The lowest BCUT2D eigenvalue weighted by Gasteiger charge is -2.23. The molecule has 0 fully saturated rings. The number of fused-ring (bicyclic) bond motifs is 1. The first-order valence-corrected chi connectivity index (χ1v) is 10.6. The molecule has 0 radical (unpaired) electrons. The Morgan fingerprint density at radius 2 is 1.73 bits per heavy atom. The van der Waals surface area contributed by atoms with E-state index in [0.29, 0.717) is 29.9 Å². The number of benzene rings is 3. The lowest BCUT2D eigenvalue weighted by Crippen LogP contribution is -2.35. The van der Waals surface area contributed by atoms with Crippen molar-refractivity contribution in [3.8, 4) is 11.1 Å². The lowest BCUT2D eigenvalue weighted by molar-refractivity contribution is 0.257. The van der Waals surface area contributed by atoms with Gasteiger partial charge < -0.3 is 5.32 Å². The molecule has 0 bridgehead atoms. The molecule has 0 saturated carbocycles. The molecule has 4 rings (SSSR count). The number of hydrogen-bond acceptors (Lipinski definition) is 3. The summed E-state index contributed by atoms with van der Waals surface area (Å²) in [6, 6.07) is 16.6. The van der Waals surface area contributed by atoms with Gasteiger partial charge in [0.05, 0.1) is 4.90 Å². The molecule has 30 heavy (non-hydrogen) atoms. The van der Waals surface area contributed by atoms with E-state index in [1.54, 1.807) is 41.3 Å². The Bertz CT molecular complexity index is 1070. The zero-order chi connectivity index (χ0) is 21.1. The van der Waals surface area contributed by atoms with E-state index in [9.17, 15) is 13.6 Å². The molecule has 4 nitrogen and oxygen atoms in total. The molecule has 3 aromatic rings. The minimum absolute atomic E-state index is 0.286. The van der Waals surface area contributed by atoms with E-state index in [-0.39, 0.29) is 22.6 Å². The molecule has 0 aromatic heterocycles. The Kier molecular flexibility index (Phi) is 6.01. The van der Waals surface area contributed by atoms with Crippen molar-refractivity contribution in [2.24, 2.45) is 5.14 Å². The molecule has 0 spiro atoms. The Labute approximate surface area is 178 Å². The number of halogens is 2. The van der Waals surface area contributed by atoms with Crippen LogP contribution in [0, 0.1) is 11.6 Å². The second-order valence-electron chi connectivity index (χ2n) is 7.12. The molecule has 3 aromatic carbocycles. The molecule has 3 N–H and O–H groups in total. The molecule has 2 amide bonds. The van der Waals surface area contributed by atoms with Crippen LogP contribution in [0.4, 0.5) is 25.0 Å². The zero-order valence-electron chi connectivity index (χ0n) is 16.2. The van der Waals surface area contributed by atoms with Crippen LogP contribution in [0.25, 0.3) is 11.1 Å². The lowest BCUT2D eigenvalue weighted by atomic mass is 10.0. The van der Waals surface area contributed by atoms with Gasteiger partial charge in [-0.3, -0.25) is 10.0 Å². The van der Waals surface area contributed by atoms with Crippen LogP contribution in [0.1, 0.15) is 18.4 Å². The molecular weight excluding hydrogens is 404 g/mol. The maximum absolute atomic E-state index is 14.1. The van der Waals surface area contributed by atoms with Crippen molar-refractivity contribution in [3.05, 3.63) is 77.9 Å². The summed E-state index contributed by atoms with van der Waals surface area (Å²) in [6.07, 6.45) is 2.26. The molecule has 1 aliphatic heterocycles. The number of nitrogens with two attached hydrogens (primary N) is 1. The zero-order valence-corrected chi connectivity index (χ0v) is 17.0. The largest absolute Gasteiger partial charge is 0.326 e. The first kappa shape index (κ1) is 20.4. The summed E-state index contributed by atoms with van der Waals surface area (Å²) in [5.41, 5.74) is 3.30. The average Bonchev–Trinajstić information content (AvgIpc) is 2.82. The monoisotopic (exact) mass is 425 g/mol. The summed E-state index contributed by atoms with van der Waals surface area (Å²) in [5, 5.41) is 8.44. The molecule has 0 saturated heterocycles. The maximum atomic E-state index is 14.1. The highest BCUT2D eigenvalue weighted by atomic mass is 32.2. The van der Waals surface area contributed by atoms with Crippen LogP contribution in [0.3, 0.4) is 0 Å². The number of carbonyl (C=O) groups is 1. The van der Waals surface area contributed by atoms with Crippen molar-refractivity contribution in [2.45, 2.75) is 24.2 Å². The van der Waals surface area contributed by atoms with Crippen LogP contribution >= 0.6 is 11.9 Å². The second-order valence-corrected chi connectivity index (χ2v) is 7.80. The van der Waals surface area contributed by atoms with Crippen molar-refractivity contribution in [1.29, 1.82) is 0 Å². The Hall–Kier alpha value is -2.90. The highest BCUT2D eigenvalue weighted by Gasteiger charge is 2.20. The van der Waals surface area contributed by atoms with Crippen molar-refractivity contribution in [2.75, 3.05) is 16.8 Å². The molecule has 1 aliphatic rings. The van der Waals surface area contributed by atoms with Gasteiger partial charge in [0, 0.05) is 23.5 Å². The van der Waals surface area contributed by atoms with Gasteiger partial charge in [0.2, 0.25) is 0 Å². The minimum Gasteiger partial charge on any atom is -0.307 e. The van der Waals surface area contributed by atoms with Crippen molar-refractivity contribution < 1.29 is 13.6 Å². The standard InChI is InChI=1S/C23H21F2N3OS/c24-19-7-2-1-6-18(19)15-8-10-17(11-9-15)28-12-4-3-5-16-13-20(25)22(30-26)14-21(16)27-23(28)29/h1-2,6-11,13-14H,3-5,12,26H2,(H,27,29). The van der Waals surface area contributed by atoms with Crippen LogP contribution in [0.5, 0.6) is 0 Å². The fraction of sp³-hybridized carbons (Fsp3) is 0.174. The van der Waals surface area contributed by atoms with Crippen molar-refractivity contribution >= 4 is 29.4 Å². The van der Waals surface area contributed by atoms with Gasteiger partial charge in [-0.25, -0.2) is 13.6 Å². The van der Waals surface area contributed by atoms with Gasteiger partial charge in [0.25, 0.3) is 0 Å². The molecular formula is C23H21F2N3OS. The Morgan fingerprint density at radius 1 is 0.967 bits per heavy atom. The van der Waals surface area contributed by atoms with Crippen molar-refractivity contribution in [3.63, 3.8) is 0 Å². The molecule has 1 heterocycles. The predicted molar refractivity (Wildman–Crippen MR) is 118 cm³/mol. The van der Waals surface area contributed by atoms with Gasteiger partial charge in [0.15, 0.2) is 0 Å². The Morgan fingerprint density at radius 3 is 2.47 bits per heavy atom. The van der Waals surface area contributed by atoms with Gasteiger partial charge in [-0.15, -0.1) is 0 Å². The summed E-state index contributed by atoms with van der Waals surface area (Å²) in [7, 11) is 0. The van der Waals surface area contributed by atoms with Crippen LogP contribution in [0.2, 0.25) is 0 Å². The second kappa shape index (κ2) is 8.85. The van der Waals surface area contributed by atoms with Crippen LogP contribution in [-0.2, 0) is 6.42 Å². The number of nitrogens with zero attached hydrogens (tertiary/aromatic N) is 1. The van der Waals surface area contributed by atoms with Gasteiger partial charge in [-0.2, -0.15) is 0 Å². The minimum atomic E-state index is -0.379. The van der Waals surface area contributed by atoms with Gasteiger partial charge in [0.1, 0.15) is 11.6 Å². The summed E-state index contributed by atoms with van der Waals surface area (Å²) >= 11 is 0.814. The molecule has 0 atom stereocenters. The topological polar surface area (TPSA) is 58.4 Å². The number of rotatable bonds is 3. The predicted octanol–water partition coefficient (Wildman–Crippen LogP) is 5.97. The van der Waals surface area contributed by atoms with E-state index in [4.69, 9.17) is 5.14 Å². The van der Waals surface area contributed by atoms with E-state index in [1.165, 1.54) is 12.1 Å². The van der Waals surface area contributed by atoms with E-state index in [0.717, 1.165) is 35.9 Å². The third kappa shape index (κ3) is 4.17. The summed E-state index contributed by atoms with van der Waals surface area (Å²) in [5.74, 6) is -0.668. The quantitative estimate of drug-likeness (QED) is 0.508. The third-order valence-corrected chi connectivity index (χ3v) is 5.78. The molecule has 154 valence electrons. The number of aryl methyl sites for hydroxylation is 1. The van der Waals surface area contributed by atoms with Crippen molar-refractivity contribution in [1.82, 2.24) is 0 Å². The van der Waals surface area contributed by atoms with Crippen LogP contribution in [-0.4, -0.2) is 12.6 Å². The number of urea groups is 1. The van der Waals surface area contributed by atoms with Gasteiger partial charge >= 0.3 is 6.03 Å². The summed E-state index contributed by atoms with van der Waals surface area (Å²) in [4.78, 5) is 14.9. The first-order chi connectivity index (χ1) is 14.6.